The molecule has 84 valence electrons. The van der Waals surface area contributed by atoms with Crippen LogP contribution in [0.5, 0.6) is 0 Å². The van der Waals surface area contributed by atoms with Gasteiger partial charge in [0.25, 0.3) is 0 Å². The normalized spacial score (nSPS) is 12.1. The van der Waals surface area contributed by atoms with Crippen molar-refractivity contribution in [1.29, 1.82) is 0 Å². The van der Waals surface area contributed by atoms with Crippen molar-refractivity contribution in [2.45, 2.75) is 0 Å². The lowest BCUT2D eigenvalue weighted by atomic mass is 10.3. The Morgan fingerprint density at radius 3 is 2.25 bits per heavy atom. The van der Waals surface area contributed by atoms with Gasteiger partial charge in [-0.05, 0) is 18.2 Å². The van der Waals surface area contributed by atoms with E-state index in [0.29, 0.717) is 29.8 Å². The fourth-order valence-corrected chi connectivity index (χ4v) is 4.01. The van der Waals surface area contributed by atoms with E-state index in [-0.39, 0.29) is 0 Å². The van der Waals surface area contributed by atoms with Crippen molar-refractivity contribution in [3.05, 3.63) is 42.3 Å². The van der Waals surface area contributed by atoms with Gasteiger partial charge in [-0.1, -0.05) is 67.1 Å². The summed E-state index contributed by atoms with van der Waals surface area (Å²) >= 11 is 23.5. The van der Waals surface area contributed by atoms with Crippen LogP contribution >= 0.6 is 67.1 Å². The maximum atomic E-state index is 5.97. The molecular weight excluding hydrogens is 328 g/mol. The second-order valence-corrected chi connectivity index (χ2v) is 6.69. The molecule has 0 aliphatic rings. The zero-order valence-corrected chi connectivity index (χ0v) is 12.2. The molecule has 2 aromatic rings. The first-order valence-corrected chi connectivity index (χ1v) is 7.68. The Labute approximate surface area is 119 Å². The van der Waals surface area contributed by atoms with E-state index in [1.165, 1.54) is 20.7 Å². The van der Waals surface area contributed by atoms with Crippen LogP contribution < -0.4 is 4.67 Å². The van der Waals surface area contributed by atoms with Gasteiger partial charge < -0.3 is 0 Å². The number of hydrogen-bond donors (Lipinski definition) is 0. The molecule has 0 spiro atoms. The quantitative estimate of drug-likeness (QED) is 0.598. The van der Waals surface area contributed by atoms with Crippen LogP contribution in [0.15, 0.2) is 23.2 Å². The Morgan fingerprint density at radius 1 is 0.938 bits per heavy atom. The molecule has 0 atom stereocenters. The van der Waals surface area contributed by atoms with Gasteiger partial charge in [-0.15, -0.1) is 0 Å². The van der Waals surface area contributed by atoms with Crippen molar-refractivity contribution in [3.8, 4) is 0 Å². The van der Waals surface area contributed by atoms with Crippen LogP contribution in [0.2, 0.25) is 19.4 Å². The van der Waals surface area contributed by atoms with Crippen LogP contribution in [-0.4, -0.2) is 0 Å². The number of halogens is 4. The van der Waals surface area contributed by atoms with E-state index >= 15 is 0 Å². The molecule has 7 heteroatoms. The molecule has 2 rings (SSSR count). The fourth-order valence-electron chi connectivity index (χ4n) is 0.973. The average molecular weight is 331 g/mol. The van der Waals surface area contributed by atoms with Crippen LogP contribution in [0, 0.1) is 0 Å². The van der Waals surface area contributed by atoms with Crippen molar-refractivity contribution in [3.63, 3.8) is 0 Å². The van der Waals surface area contributed by atoms with Crippen molar-refractivity contribution >= 4 is 72.8 Å². The maximum absolute atomic E-state index is 5.97. The van der Waals surface area contributed by atoms with Crippen molar-refractivity contribution in [1.82, 2.24) is 0 Å². The fraction of sp³-hybridized carbons (Fsp3) is 0. The van der Waals surface area contributed by atoms with E-state index in [9.17, 15) is 0 Å². The van der Waals surface area contributed by atoms with E-state index in [4.69, 9.17) is 46.4 Å². The minimum atomic E-state index is 0.463. The number of nitrogens with zero attached hydrogens (tertiary/aromatic N) is 1. The highest BCUT2D eigenvalue weighted by atomic mass is 35.5. The summed E-state index contributed by atoms with van der Waals surface area (Å²) in [6, 6.07) is 5.14. The molecule has 0 fully saturated rings. The van der Waals surface area contributed by atoms with Crippen LogP contribution in [0.4, 0.5) is 5.69 Å². The third-order valence-corrected chi connectivity index (χ3v) is 5.92. The predicted molar refractivity (Wildman–Crippen MR) is 73.9 cm³/mol. The zero-order chi connectivity index (χ0) is 11.7. The van der Waals surface area contributed by atoms with Gasteiger partial charge in [-0.3, -0.25) is 0 Å². The molecule has 0 N–H and O–H groups in total. The van der Waals surface area contributed by atoms with Gasteiger partial charge in [-0.2, -0.15) is 0 Å². The Balaban J connectivity index is 2.51. The van der Waals surface area contributed by atoms with Crippen LogP contribution in [-0.2, 0) is 0 Å². The summed E-state index contributed by atoms with van der Waals surface area (Å²) in [6.07, 6.45) is 0. The molecule has 0 amide bonds. The molecule has 0 bridgehead atoms. The van der Waals surface area contributed by atoms with Gasteiger partial charge in [0.15, 0.2) is 0 Å². The molecule has 0 saturated heterocycles. The second-order valence-electron chi connectivity index (χ2n) is 2.77. The highest BCUT2D eigenvalue weighted by Gasteiger charge is 2.04. The topological polar surface area (TPSA) is 12.4 Å². The molecule has 1 aromatic carbocycles. The SMILES string of the molecule is Clc1ccc(N=c2ssc(Cl)c2Cl)cc1Cl. The Hall–Kier alpha value is 0.230. The van der Waals surface area contributed by atoms with E-state index in [0.717, 1.165) is 0 Å². The summed E-state index contributed by atoms with van der Waals surface area (Å²) in [5.41, 5.74) is 0.696. The van der Waals surface area contributed by atoms with Gasteiger partial charge in [0.05, 0.1) is 15.7 Å². The summed E-state index contributed by atoms with van der Waals surface area (Å²) in [7, 11) is 2.80. The van der Waals surface area contributed by atoms with E-state index in [1.54, 1.807) is 18.2 Å². The molecule has 0 saturated carbocycles. The van der Waals surface area contributed by atoms with E-state index in [1.807, 2.05) is 0 Å². The number of benzene rings is 1. The monoisotopic (exact) mass is 329 g/mol. The van der Waals surface area contributed by atoms with Gasteiger partial charge in [0, 0.05) is 0 Å². The summed E-state index contributed by atoms with van der Waals surface area (Å²) in [6.45, 7) is 0. The molecule has 1 aromatic heterocycles. The number of rotatable bonds is 1. The first-order valence-electron chi connectivity index (χ1n) is 4.02. The third kappa shape index (κ3) is 2.73. The lowest BCUT2D eigenvalue weighted by molar-refractivity contribution is 1.41. The Morgan fingerprint density at radius 2 is 1.69 bits per heavy atom. The molecule has 0 aliphatic carbocycles. The largest absolute Gasteiger partial charge is 0.236 e. The molecule has 0 aliphatic heterocycles. The molecule has 16 heavy (non-hydrogen) atoms. The van der Waals surface area contributed by atoms with Crippen LogP contribution in [0.3, 0.4) is 0 Å². The minimum Gasteiger partial charge on any atom is -0.236 e. The molecule has 0 unspecified atom stereocenters. The van der Waals surface area contributed by atoms with Crippen molar-refractivity contribution < 1.29 is 0 Å². The van der Waals surface area contributed by atoms with E-state index in [2.05, 4.69) is 4.99 Å². The van der Waals surface area contributed by atoms with Crippen LogP contribution in [0.1, 0.15) is 0 Å². The van der Waals surface area contributed by atoms with Crippen LogP contribution in [0.25, 0.3) is 0 Å². The lowest BCUT2D eigenvalue weighted by Gasteiger charge is -1.96. The zero-order valence-electron chi connectivity index (χ0n) is 7.51. The summed E-state index contributed by atoms with van der Waals surface area (Å²) in [5, 5.41) is 1.44. The first kappa shape index (κ1) is 12.7. The van der Waals surface area contributed by atoms with Crippen molar-refractivity contribution in [2.24, 2.45) is 4.99 Å². The third-order valence-electron chi connectivity index (χ3n) is 1.69. The molecular formula is C9H3Cl4NS2. The van der Waals surface area contributed by atoms with Gasteiger partial charge >= 0.3 is 0 Å². The standard InChI is InChI=1S/C9H3Cl4NS2/c10-5-2-1-4(3-6(5)11)14-9-7(12)8(13)15-16-9/h1-3H. The average Bonchev–Trinajstić information content (AvgIpc) is 2.55. The highest BCUT2D eigenvalue weighted by Crippen LogP contribution is 2.29. The Kier molecular flexibility index (Phi) is 4.16. The second kappa shape index (κ2) is 5.25. The molecule has 0 radical (unpaired) electrons. The minimum absolute atomic E-state index is 0.463. The predicted octanol–water partition coefficient (Wildman–Crippen LogP) is 5.66. The van der Waals surface area contributed by atoms with E-state index < -0.39 is 0 Å². The summed E-state index contributed by atoms with van der Waals surface area (Å²) < 4.78 is 1.22. The lowest BCUT2D eigenvalue weighted by Crippen LogP contribution is -1.91. The van der Waals surface area contributed by atoms with Gasteiger partial charge in [0.2, 0.25) is 0 Å². The smallest absolute Gasteiger partial charge is 0.147 e. The summed E-state index contributed by atoms with van der Waals surface area (Å²) in [4.78, 5) is 4.33. The molecule has 1 heterocycles. The first-order chi connectivity index (χ1) is 7.58. The maximum Gasteiger partial charge on any atom is 0.147 e. The number of hydrogen-bond acceptors (Lipinski definition) is 3. The molecule has 1 nitrogen and oxygen atoms in total. The summed E-state index contributed by atoms with van der Waals surface area (Å²) in [5.74, 6) is 0. The Bertz CT molecular complexity index is 587. The van der Waals surface area contributed by atoms with Crippen molar-refractivity contribution in [2.75, 3.05) is 0 Å². The highest BCUT2D eigenvalue weighted by molar-refractivity contribution is 7.69. The van der Waals surface area contributed by atoms with Gasteiger partial charge in [-0.25, -0.2) is 4.99 Å². The van der Waals surface area contributed by atoms with Gasteiger partial charge in [0.1, 0.15) is 14.0 Å².